The molecule has 16 heavy (non-hydrogen) atoms. The minimum atomic E-state index is 0.553. The Kier molecular flexibility index (Phi) is 3.42. The second-order valence-electron chi connectivity index (χ2n) is 3.20. The Bertz CT molecular complexity index is 496. The van der Waals surface area contributed by atoms with Gasteiger partial charge in [-0.15, -0.1) is 10.2 Å². The van der Waals surface area contributed by atoms with Gasteiger partial charge in [0.05, 0.1) is 10.7 Å². The van der Waals surface area contributed by atoms with Gasteiger partial charge in [0.1, 0.15) is 5.75 Å². The first-order valence-electron chi connectivity index (χ1n) is 4.91. The molecule has 1 heterocycles. The summed E-state index contributed by atoms with van der Waals surface area (Å²) in [5.41, 5.74) is 0.914. The van der Waals surface area contributed by atoms with Gasteiger partial charge in [-0.2, -0.15) is 0 Å². The number of hydrogen-bond donors (Lipinski definition) is 0. The third-order valence-corrected chi connectivity index (χ3v) is 3.01. The molecule has 0 bridgehead atoms. The Morgan fingerprint density at radius 3 is 2.75 bits per heavy atom. The Morgan fingerprint density at radius 2 is 2.19 bits per heavy atom. The van der Waals surface area contributed by atoms with Crippen LogP contribution in [0.15, 0.2) is 22.6 Å². The fourth-order valence-corrected chi connectivity index (χ4v) is 2.05. The standard InChI is InChI=1S/C11H11IN2O2/c1-3-10-13-14-11(16-10)7-4-5-9(15-2)8(12)6-7/h4-6H,3H2,1-2H3. The Labute approximate surface area is 107 Å². The predicted octanol–water partition coefficient (Wildman–Crippen LogP) is 2.91. The quantitative estimate of drug-likeness (QED) is 0.812. The second-order valence-corrected chi connectivity index (χ2v) is 4.37. The molecule has 0 fully saturated rings. The summed E-state index contributed by atoms with van der Waals surface area (Å²) in [6.45, 7) is 1.98. The van der Waals surface area contributed by atoms with Crippen LogP contribution in [0.25, 0.3) is 11.5 Å². The lowest BCUT2D eigenvalue weighted by Gasteiger charge is -2.03. The summed E-state index contributed by atoms with van der Waals surface area (Å²) in [5.74, 6) is 2.05. The maximum atomic E-state index is 5.48. The zero-order valence-electron chi connectivity index (χ0n) is 9.03. The van der Waals surface area contributed by atoms with E-state index in [0.29, 0.717) is 11.8 Å². The molecular weight excluding hydrogens is 319 g/mol. The van der Waals surface area contributed by atoms with E-state index in [9.17, 15) is 0 Å². The van der Waals surface area contributed by atoms with Gasteiger partial charge in [0, 0.05) is 12.0 Å². The van der Waals surface area contributed by atoms with Crippen LogP contribution in [0.2, 0.25) is 0 Å². The van der Waals surface area contributed by atoms with Gasteiger partial charge in [-0.1, -0.05) is 6.92 Å². The molecule has 4 nitrogen and oxygen atoms in total. The molecule has 84 valence electrons. The topological polar surface area (TPSA) is 48.2 Å². The number of aromatic nitrogens is 2. The Morgan fingerprint density at radius 1 is 1.38 bits per heavy atom. The van der Waals surface area contributed by atoms with Crippen molar-refractivity contribution >= 4 is 22.6 Å². The molecule has 0 N–H and O–H groups in total. The number of rotatable bonds is 3. The van der Waals surface area contributed by atoms with Crippen molar-refractivity contribution in [2.75, 3.05) is 7.11 Å². The number of methoxy groups -OCH3 is 1. The maximum Gasteiger partial charge on any atom is 0.247 e. The van der Waals surface area contributed by atoms with Crippen molar-refractivity contribution in [3.63, 3.8) is 0 Å². The van der Waals surface area contributed by atoms with Gasteiger partial charge in [-0.25, -0.2) is 0 Å². The molecule has 0 atom stereocenters. The van der Waals surface area contributed by atoms with E-state index >= 15 is 0 Å². The molecule has 0 amide bonds. The number of nitrogens with zero attached hydrogens (tertiary/aromatic N) is 2. The molecule has 1 aromatic carbocycles. The number of benzene rings is 1. The summed E-state index contributed by atoms with van der Waals surface area (Å²) >= 11 is 2.21. The predicted molar refractivity (Wildman–Crippen MR) is 68.4 cm³/mol. The van der Waals surface area contributed by atoms with E-state index < -0.39 is 0 Å². The van der Waals surface area contributed by atoms with Crippen LogP contribution in [0.1, 0.15) is 12.8 Å². The van der Waals surface area contributed by atoms with E-state index in [1.165, 1.54) is 0 Å². The molecular formula is C11H11IN2O2. The monoisotopic (exact) mass is 330 g/mol. The number of hydrogen-bond acceptors (Lipinski definition) is 4. The molecule has 5 heteroatoms. The number of ether oxygens (including phenoxy) is 1. The van der Waals surface area contributed by atoms with Gasteiger partial charge in [0.25, 0.3) is 0 Å². The lowest BCUT2D eigenvalue weighted by molar-refractivity contribution is 0.412. The minimum absolute atomic E-state index is 0.553. The van der Waals surface area contributed by atoms with E-state index in [4.69, 9.17) is 9.15 Å². The second kappa shape index (κ2) is 4.82. The average Bonchev–Trinajstić information content (AvgIpc) is 2.77. The van der Waals surface area contributed by atoms with Crippen molar-refractivity contribution in [2.45, 2.75) is 13.3 Å². The van der Waals surface area contributed by atoms with E-state index in [1.54, 1.807) is 7.11 Å². The van der Waals surface area contributed by atoms with Crippen LogP contribution < -0.4 is 4.74 Å². The number of halogens is 1. The molecule has 0 aliphatic rings. The molecule has 0 aliphatic carbocycles. The van der Waals surface area contributed by atoms with Crippen LogP contribution >= 0.6 is 22.6 Å². The highest BCUT2D eigenvalue weighted by atomic mass is 127. The van der Waals surface area contributed by atoms with Crippen LogP contribution in [-0.2, 0) is 6.42 Å². The van der Waals surface area contributed by atoms with Crippen LogP contribution in [0.3, 0.4) is 0 Å². The normalized spacial score (nSPS) is 10.4. The third-order valence-electron chi connectivity index (χ3n) is 2.17. The first-order valence-corrected chi connectivity index (χ1v) is 5.98. The molecule has 0 spiro atoms. The van der Waals surface area contributed by atoms with E-state index in [1.807, 2.05) is 25.1 Å². The van der Waals surface area contributed by atoms with Gasteiger partial charge in [0.2, 0.25) is 11.8 Å². The third kappa shape index (κ3) is 2.18. The van der Waals surface area contributed by atoms with Gasteiger partial charge in [-0.05, 0) is 40.8 Å². The lowest BCUT2D eigenvalue weighted by Crippen LogP contribution is -1.87. The van der Waals surface area contributed by atoms with Crippen LogP contribution in [0, 0.1) is 3.57 Å². The van der Waals surface area contributed by atoms with Gasteiger partial charge >= 0.3 is 0 Å². The Balaban J connectivity index is 2.37. The summed E-state index contributed by atoms with van der Waals surface area (Å²) in [7, 11) is 1.65. The van der Waals surface area contributed by atoms with E-state index in [2.05, 4.69) is 32.8 Å². The maximum absolute atomic E-state index is 5.48. The van der Waals surface area contributed by atoms with Gasteiger partial charge < -0.3 is 9.15 Å². The highest BCUT2D eigenvalue weighted by molar-refractivity contribution is 14.1. The summed E-state index contributed by atoms with van der Waals surface area (Å²) in [6, 6.07) is 5.77. The smallest absolute Gasteiger partial charge is 0.247 e. The number of aryl methyl sites for hydroxylation is 1. The Hall–Kier alpha value is -1.11. The summed E-state index contributed by atoms with van der Waals surface area (Å²) in [6.07, 6.45) is 0.750. The molecule has 0 aliphatic heterocycles. The fourth-order valence-electron chi connectivity index (χ4n) is 1.31. The molecule has 2 aromatic rings. The summed E-state index contributed by atoms with van der Waals surface area (Å²) in [5, 5.41) is 7.93. The van der Waals surface area contributed by atoms with Gasteiger partial charge in [-0.3, -0.25) is 0 Å². The first-order chi connectivity index (χ1) is 7.74. The first kappa shape index (κ1) is 11.4. The van der Waals surface area contributed by atoms with Gasteiger partial charge in [0.15, 0.2) is 0 Å². The molecule has 0 unspecified atom stereocenters. The van der Waals surface area contributed by atoms with Crippen molar-refractivity contribution in [3.05, 3.63) is 27.7 Å². The summed E-state index contributed by atoms with van der Waals surface area (Å²) < 4.78 is 11.7. The van der Waals surface area contributed by atoms with E-state index in [-0.39, 0.29) is 0 Å². The molecule has 1 aromatic heterocycles. The minimum Gasteiger partial charge on any atom is -0.496 e. The van der Waals surface area contributed by atoms with Crippen molar-refractivity contribution in [2.24, 2.45) is 0 Å². The van der Waals surface area contributed by atoms with Crippen molar-refractivity contribution in [3.8, 4) is 17.2 Å². The lowest BCUT2D eigenvalue weighted by atomic mass is 10.2. The highest BCUT2D eigenvalue weighted by Gasteiger charge is 2.09. The zero-order chi connectivity index (χ0) is 11.5. The molecule has 2 rings (SSSR count). The highest BCUT2D eigenvalue weighted by Crippen LogP contribution is 2.26. The fraction of sp³-hybridized carbons (Fsp3) is 0.273. The SMILES string of the molecule is CCc1nnc(-c2ccc(OC)c(I)c2)o1. The van der Waals surface area contributed by atoms with Crippen LogP contribution in [0.5, 0.6) is 5.75 Å². The van der Waals surface area contributed by atoms with Crippen molar-refractivity contribution in [1.82, 2.24) is 10.2 Å². The van der Waals surface area contributed by atoms with Crippen LogP contribution in [-0.4, -0.2) is 17.3 Å². The summed E-state index contributed by atoms with van der Waals surface area (Å²) in [4.78, 5) is 0. The molecule has 0 saturated heterocycles. The van der Waals surface area contributed by atoms with Crippen LogP contribution in [0.4, 0.5) is 0 Å². The van der Waals surface area contributed by atoms with E-state index in [0.717, 1.165) is 21.3 Å². The molecule has 0 radical (unpaired) electrons. The largest absolute Gasteiger partial charge is 0.496 e. The molecule has 0 saturated carbocycles. The average molecular weight is 330 g/mol. The van der Waals surface area contributed by atoms with Crippen molar-refractivity contribution < 1.29 is 9.15 Å². The zero-order valence-corrected chi connectivity index (χ0v) is 11.2. The van der Waals surface area contributed by atoms with Crippen molar-refractivity contribution in [1.29, 1.82) is 0 Å².